The van der Waals surface area contributed by atoms with Gasteiger partial charge in [-0.05, 0) is 41.3 Å². The van der Waals surface area contributed by atoms with E-state index >= 15 is 0 Å². The second kappa shape index (κ2) is 10.3. The number of benzene rings is 2. The van der Waals surface area contributed by atoms with Gasteiger partial charge in [0, 0.05) is 11.9 Å². The maximum absolute atomic E-state index is 13.3. The highest BCUT2D eigenvalue weighted by molar-refractivity contribution is 7.10. The van der Waals surface area contributed by atoms with Crippen LogP contribution in [0.3, 0.4) is 0 Å². The summed E-state index contributed by atoms with van der Waals surface area (Å²) in [7, 11) is 1.56. The Morgan fingerprint density at radius 1 is 1.10 bits per heavy atom. The molecule has 2 aromatic carbocycles. The van der Waals surface area contributed by atoms with Crippen LogP contribution in [0.2, 0.25) is 5.02 Å². The maximum Gasteiger partial charge on any atom is 0.244 e. The van der Waals surface area contributed by atoms with Crippen molar-refractivity contribution in [3.63, 3.8) is 0 Å². The Hall–Kier alpha value is -2.74. The van der Waals surface area contributed by atoms with Gasteiger partial charge in [-0.15, -0.1) is 11.3 Å². The first kappa shape index (κ1) is 22.0. The molecule has 0 fully saturated rings. The normalized spacial score (nSPS) is 11.7. The van der Waals surface area contributed by atoms with Crippen molar-refractivity contribution in [2.75, 3.05) is 25.5 Å². The number of halogens is 2. The van der Waals surface area contributed by atoms with Gasteiger partial charge in [0.05, 0.1) is 29.8 Å². The summed E-state index contributed by atoms with van der Waals surface area (Å²) in [6, 6.07) is 16.7. The molecule has 3 aromatic rings. The molecule has 0 spiro atoms. The molecule has 1 aromatic heterocycles. The van der Waals surface area contributed by atoms with Gasteiger partial charge in [0.2, 0.25) is 11.8 Å². The van der Waals surface area contributed by atoms with E-state index in [1.54, 1.807) is 54.8 Å². The number of carbonyl (C=O) groups is 2. The summed E-state index contributed by atoms with van der Waals surface area (Å²) in [5.74, 6) is -0.899. The fourth-order valence-electron chi connectivity index (χ4n) is 2.87. The minimum Gasteiger partial charge on any atom is -0.335 e. The van der Waals surface area contributed by atoms with Gasteiger partial charge < -0.3 is 10.2 Å². The maximum atomic E-state index is 13.3. The standard InChI is InChI=1S/C22H21ClFN3O2S/c1-27(14-20(28)26-18-6-3-2-5-17(18)23)21(29)13-25-22(19-7-4-12-30-19)15-8-10-16(24)11-9-15/h2-12,22,25H,13-14H2,1H3,(H,26,28). The van der Waals surface area contributed by atoms with Crippen LogP contribution in [0, 0.1) is 5.82 Å². The number of nitrogens with zero attached hydrogens (tertiary/aromatic N) is 1. The first-order chi connectivity index (χ1) is 14.4. The molecule has 0 aliphatic carbocycles. The SMILES string of the molecule is CN(CC(=O)Nc1ccccc1Cl)C(=O)CNC(c1ccc(F)cc1)c1cccs1. The van der Waals surface area contributed by atoms with Gasteiger partial charge >= 0.3 is 0 Å². The molecule has 156 valence electrons. The number of thiophene rings is 1. The van der Waals surface area contributed by atoms with E-state index in [0.717, 1.165) is 10.4 Å². The van der Waals surface area contributed by atoms with E-state index in [9.17, 15) is 14.0 Å². The first-order valence-corrected chi connectivity index (χ1v) is 10.5. The zero-order valence-electron chi connectivity index (χ0n) is 16.3. The Kier molecular flexibility index (Phi) is 7.57. The average Bonchev–Trinajstić information content (AvgIpc) is 3.25. The highest BCUT2D eigenvalue weighted by Crippen LogP contribution is 2.26. The lowest BCUT2D eigenvalue weighted by molar-refractivity contribution is -0.132. The van der Waals surface area contributed by atoms with Crippen molar-refractivity contribution in [1.82, 2.24) is 10.2 Å². The van der Waals surface area contributed by atoms with Crippen LogP contribution in [-0.2, 0) is 9.59 Å². The monoisotopic (exact) mass is 445 g/mol. The van der Waals surface area contributed by atoms with Crippen LogP contribution in [0.1, 0.15) is 16.5 Å². The highest BCUT2D eigenvalue weighted by atomic mass is 35.5. The Labute approximate surface area is 183 Å². The summed E-state index contributed by atoms with van der Waals surface area (Å²) < 4.78 is 13.3. The molecule has 0 saturated heterocycles. The fourth-order valence-corrected chi connectivity index (χ4v) is 3.88. The molecule has 1 heterocycles. The Bertz CT molecular complexity index is 996. The molecule has 8 heteroatoms. The zero-order chi connectivity index (χ0) is 21.5. The number of amides is 2. The van der Waals surface area contributed by atoms with Crippen LogP contribution in [0.15, 0.2) is 66.0 Å². The van der Waals surface area contributed by atoms with E-state index in [1.165, 1.54) is 17.0 Å². The quantitative estimate of drug-likeness (QED) is 0.543. The lowest BCUT2D eigenvalue weighted by atomic mass is 10.1. The number of likely N-dealkylation sites (N-methyl/N-ethyl adjacent to an activating group) is 1. The van der Waals surface area contributed by atoms with Gasteiger partial charge in [-0.3, -0.25) is 14.9 Å². The summed E-state index contributed by atoms with van der Waals surface area (Å²) in [5.41, 5.74) is 1.35. The van der Waals surface area contributed by atoms with Crippen molar-refractivity contribution < 1.29 is 14.0 Å². The summed E-state index contributed by atoms with van der Waals surface area (Å²) in [4.78, 5) is 27.1. The van der Waals surface area contributed by atoms with Gasteiger partial charge in [0.25, 0.3) is 0 Å². The molecular formula is C22H21ClFN3O2S. The topological polar surface area (TPSA) is 61.4 Å². The summed E-state index contributed by atoms with van der Waals surface area (Å²) >= 11 is 7.59. The Balaban J connectivity index is 1.58. The van der Waals surface area contributed by atoms with Crippen molar-refractivity contribution in [3.8, 4) is 0 Å². The molecule has 1 unspecified atom stereocenters. The molecule has 3 rings (SSSR count). The molecular weight excluding hydrogens is 425 g/mol. The summed E-state index contributed by atoms with van der Waals surface area (Å²) in [6.07, 6.45) is 0. The van der Waals surface area contributed by atoms with Crippen molar-refractivity contribution in [2.24, 2.45) is 0 Å². The number of carbonyl (C=O) groups excluding carboxylic acids is 2. The molecule has 5 nitrogen and oxygen atoms in total. The third-order valence-corrected chi connectivity index (χ3v) is 5.71. The highest BCUT2D eigenvalue weighted by Gasteiger charge is 2.19. The van der Waals surface area contributed by atoms with Crippen molar-refractivity contribution in [2.45, 2.75) is 6.04 Å². The molecule has 2 N–H and O–H groups in total. The van der Waals surface area contributed by atoms with E-state index in [2.05, 4.69) is 10.6 Å². The predicted molar refractivity (Wildman–Crippen MR) is 118 cm³/mol. The first-order valence-electron chi connectivity index (χ1n) is 9.24. The lowest BCUT2D eigenvalue weighted by Crippen LogP contribution is -2.41. The lowest BCUT2D eigenvalue weighted by Gasteiger charge is -2.21. The molecule has 0 aliphatic rings. The molecule has 2 amide bonds. The van der Waals surface area contributed by atoms with Gasteiger partial charge in [0.15, 0.2) is 0 Å². The molecule has 0 aliphatic heterocycles. The van der Waals surface area contributed by atoms with Crippen LogP contribution >= 0.6 is 22.9 Å². The number of hydrogen-bond acceptors (Lipinski definition) is 4. The van der Waals surface area contributed by atoms with Gasteiger partial charge in [-0.2, -0.15) is 0 Å². The Morgan fingerprint density at radius 2 is 1.83 bits per heavy atom. The van der Waals surface area contributed by atoms with Crippen molar-refractivity contribution in [1.29, 1.82) is 0 Å². The molecule has 30 heavy (non-hydrogen) atoms. The number of hydrogen-bond donors (Lipinski definition) is 2. The number of nitrogens with one attached hydrogen (secondary N) is 2. The van der Waals surface area contributed by atoms with Crippen molar-refractivity contribution >= 4 is 40.4 Å². The van der Waals surface area contributed by atoms with Gasteiger partial charge in [-0.1, -0.05) is 41.9 Å². The minimum atomic E-state index is -0.340. The molecule has 0 radical (unpaired) electrons. The Morgan fingerprint density at radius 3 is 2.50 bits per heavy atom. The number of anilines is 1. The third-order valence-electron chi connectivity index (χ3n) is 4.44. The van der Waals surface area contributed by atoms with E-state index in [-0.39, 0.29) is 36.8 Å². The summed E-state index contributed by atoms with van der Waals surface area (Å²) in [6.45, 7) is -0.0816. The molecule has 1 atom stereocenters. The van der Waals surface area contributed by atoms with E-state index in [1.807, 2.05) is 17.5 Å². The summed E-state index contributed by atoms with van der Waals surface area (Å²) in [5, 5.41) is 8.29. The van der Waals surface area contributed by atoms with Crippen molar-refractivity contribution in [3.05, 3.63) is 87.3 Å². The third kappa shape index (κ3) is 5.89. The van der Waals surface area contributed by atoms with Crippen LogP contribution in [0.5, 0.6) is 0 Å². The van der Waals surface area contributed by atoms with Gasteiger partial charge in [-0.25, -0.2) is 4.39 Å². The predicted octanol–water partition coefficient (Wildman–Crippen LogP) is 4.32. The van der Waals surface area contributed by atoms with E-state index in [4.69, 9.17) is 11.6 Å². The zero-order valence-corrected chi connectivity index (χ0v) is 17.8. The van der Waals surface area contributed by atoms with E-state index < -0.39 is 0 Å². The van der Waals surface area contributed by atoms with Crippen LogP contribution < -0.4 is 10.6 Å². The fraction of sp³-hybridized carbons (Fsp3) is 0.182. The largest absolute Gasteiger partial charge is 0.335 e. The second-order valence-electron chi connectivity index (χ2n) is 6.66. The molecule has 0 bridgehead atoms. The minimum absolute atomic E-state index is 0.0236. The van der Waals surface area contributed by atoms with E-state index in [0.29, 0.717) is 10.7 Å². The molecule has 0 saturated carbocycles. The van der Waals surface area contributed by atoms with Crippen LogP contribution in [0.25, 0.3) is 0 Å². The number of rotatable bonds is 8. The van der Waals surface area contributed by atoms with Crippen LogP contribution in [-0.4, -0.2) is 36.9 Å². The van der Waals surface area contributed by atoms with Gasteiger partial charge in [0.1, 0.15) is 5.82 Å². The smallest absolute Gasteiger partial charge is 0.244 e. The van der Waals surface area contributed by atoms with Crippen LogP contribution in [0.4, 0.5) is 10.1 Å². The number of para-hydroxylation sites is 1. The average molecular weight is 446 g/mol. The second-order valence-corrected chi connectivity index (χ2v) is 8.05.